The van der Waals surface area contributed by atoms with Crippen molar-refractivity contribution in [3.63, 3.8) is 0 Å². The van der Waals surface area contributed by atoms with Crippen molar-refractivity contribution in [1.29, 1.82) is 0 Å². The van der Waals surface area contributed by atoms with Gasteiger partial charge in [-0.25, -0.2) is 55.2 Å². The van der Waals surface area contributed by atoms with E-state index in [0.29, 0.717) is 33.5 Å². The van der Waals surface area contributed by atoms with E-state index in [0.717, 1.165) is 16.8 Å². The van der Waals surface area contributed by atoms with Crippen molar-refractivity contribution in [2.24, 2.45) is 0 Å². The van der Waals surface area contributed by atoms with E-state index < -0.39 is 47.2 Å². The summed E-state index contributed by atoms with van der Waals surface area (Å²) >= 11 is 0. The summed E-state index contributed by atoms with van der Waals surface area (Å²) in [4.78, 5) is 31.0. The molecule has 0 unspecified atom stereocenters. The predicted octanol–water partition coefficient (Wildman–Crippen LogP) is 6.65. The van der Waals surface area contributed by atoms with E-state index >= 15 is 0 Å². The molecule has 0 saturated carbocycles. The summed E-state index contributed by atoms with van der Waals surface area (Å²) < 4.78 is 78.3. The molecule has 14 nitrogen and oxygen atoms in total. The van der Waals surface area contributed by atoms with Gasteiger partial charge in [-0.3, -0.25) is 0 Å². The van der Waals surface area contributed by atoms with E-state index in [1.807, 2.05) is 24.3 Å². The van der Waals surface area contributed by atoms with Gasteiger partial charge in [-0.05, 0) is 6.07 Å². The summed E-state index contributed by atoms with van der Waals surface area (Å²) in [6, 6.07) is 22.4. The molecule has 5 heterocycles. The van der Waals surface area contributed by atoms with Crippen molar-refractivity contribution < 1.29 is 42.3 Å². The second-order valence-electron chi connectivity index (χ2n) is 11.5. The molecular weight excluding hydrogens is 859 g/mol. The maximum absolute atomic E-state index is 13.3. The van der Waals surface area contributed by atoms with Crippen LogP contribution in [0.5, 0.6) is 0 Å². The number of nitrogens with zero attached hydrogens (tertiary/aromatic N) is 6. The summed E-state index contributed by atoms with van der Waals surface area (Å²) in [6.45, 7) is 0. The molecule has 0 atom stereocenters. The third-order valence-corrected chi connectivity index (χ3v) is 12.8. The molecule has 268 valence electrons. The van der Waals surface area contributed by atoms with Crippen LogP contribution in [0.4, 0.5) is 0 Å². The van der Waals surface area contributed by atoms with E-state index in [9.17, 15) is 25.3 Å². The number of fused-ring (bicyclic) bond motifs is 20. The molecular formula is C32H15Cl3CuN8O6S3+. The Bertz CT molecular complexity index is 3310. The van der Waals surface area contributed by atoms with Gasteiger partial charge in [0.1, 0.15) is 37.3 Å². The first-order valence-corrected chi connectivity index (χ1v) is 21.7. The van der Waals surface area contributed by atoms with Crippen molar-refractivity contribution in [2.45, 2.75) is 14.7 Å². The molecule has 21 heteroatoms. The van der Waals surface area contributed by atoms with Gasteiger partial charge in [0.25, 0.3) is 27.2 Å². The van der Waals surface area contributed by atoms with Crippen molar-refractivity contribution in [1.82, 2.24) is 39.9 Å². The normalized spacial score (nSPS) is 12.7. The Morgan fingerprint density at radius 3 is 1.19 bits per heavy atom. The fraction of sp³-hybridized carbons (Fsp3) is 0. The molecule has 2 aliphatic heterocycles. The third kappa shape index (κ3) is 5.77. The van der Waals surface area contributed by atoms with Gasteiger partial charge in [-0.1, -0.05) is 72.8 Å². The molecule has 7 aromatic rings. The van der Waals surface area contributed by atoms with Crippen LogP contribution in [0.15, 0.2) is 93.5 Å². The Morgan fingerprint density at radius 2 is 0.792 bits per heavy atom. The van der Waals surface area contributed by atoms with Gasteiger partial charge in [0.2, 0.25) is 0 Å². The molecule has 0 amide bonds. The van der Waals surface area contributed by atoms with Crippen LogP contribution >= 0.6 is 32.0 Å². The number of rotatable bonds is 3. The molecule has 53 heavy (non-hydrogen) atoms. The number of H-pyrrole nitrogens is 2. The minimum absolute atomic E-state index is 0. The van der Waals surface area contributed by atoms with Crippen LogP contribution in [0, 0.1) is 0 Å². The van der Waals surface area contributed by atoms with Gasteiger partial charge in [-0.15, -0.1) is 0 Å². The summed E-state index contributed by atoms with van der Waals surface area (Å²) in [6.07, 6.45) is 0. The number of hydrogen-bond donors (Lipinski definition) is 2. The minimum Gasteiger partial charge on any atom is -0.324 e. The van der Waals surface area contributed by atoms with Gasteiger partial charge < -0.3 is 9.97 Å². The van der Waals surface area contributed by atoms with Crippen LogP contribution in [-0.2, 0) is 44.2 Å². The molecule has 9 rings (SSSR count). The second kappa shape index (κ2) is 12.3. The number of aromatic nitrogens is 8. The topological polar surface area (TPSA) is 211 Å². The second-order valence-corrected chi connectivity index (χ2v) is 19.1. The van der Waals surface area contributed by atoms with E-state index in [1.54, 1.807) is 48.5 Å². The molecule has 4 aromatic carbocycles. The zero-order valence-corrected chi connectivity index (χ0v) is 31.5. The van der Waals surface area contributed by atoms with Crippen molar-refractivity contribution >= 4 is 103 Å². The van der Waals surface area contributed by atoms with Crippen molar-refractivity contribution in [3.8, 4) is 45.6 Å². The fourth-order valence-electron chi connectivity index (χ4n) is 6.37. The average Bonchev–Trinajstić information content (AvgIpc) is 3.82. The summed E-state index contributed by atoms with van der Waals surface area (Å²) in [7, 11) is 2.04. The van der Waals surface area contributed by atoms with Gasteiger partial charge in [0.15, 0.2) is 23.3 Å². The molecule has 3 aromatic heterocycles. The number of aromatic amines is 2. The van der Waals surface area contributed by atoms with Crippen LogP contribution in [0.2, 0.25) is 0 Å². The first-order chi connectivity index (χ1) is 24.7. The third-order valence-electron chi connectivity index (χ3n) is 8.47. The number of halogens is 3. The maximum atomic E-state index is 13.3. The van der Waals surface area contributed by atoms with Gasteiger partial charge >= 0.3 is 17.1 Å². The summed E-state index contributed by atoms with van der Waals surface area (Å²) in [5.41, 5.74) is 2.59. The van der Waals surface area contributed by atoms with Crippen LogP contribution in [-0.4, -0.2) is 65.1 Å². The summed E-state index contributed by atoms with van der Waals surface area (Å²) in [5, 5.41) is 0.809. The Balaban J connectivity index is 0.00000400. The Hall–Kier alpha value is -4.52. The Kier molecular flexibility index (Phi) is 8.21. The molecule has 8 bridgehead atoms. The van der Waals surface area contributed by atoms with E-state index in [-0.39, 0.29) is 57.0 Å². The van der Waals surface area contributed by atoms with Crippen LogP contribution in [0.3, 0.4) is 0 Å². The van der Waals surface area contributed by atoms with E-state index in [2.05, 4.69) is 19.9 Å². The molecule has 0 radical (unpaired) electrons. The number of benzene rings is 4. The minimum atomic E-state index is -5.16. The van der Waals surface area contributed by atoms with Gasteiger partial charge in [0.05, 0.1) is 0 Å². The van der Waals surface area contributed by atoms with Crippen LogP contribution < -0.4 is 0 Å². The van der Waals surface area contributed by atoms with Gasteiger partial charge in [0, 0.05) is 75.8 Å². The Morgan fingerprint density at radius 1 is 0.434 bits per heavy atom. The molecule has 2 N–H and O–H groups in total. The molecule has 0 aliphatic carbocycles. The first kappa shape index (κ1) is 35.5. The smallest absolute Gasteiger partial charge is 0.324 e. The van der Waals surface area contributed by atoms with Gasteiger partial charge in [-0.2, -0.15) is 0 Å². The van der Waals surface area contributed by atoms with E-state index in [4.69, 9.17) is 52.0 Å². The summed E-state index contributed by atoms with van der Waals surface area (Å²) in [5.74, 6) is 0.641. The molecule has 0 spiro atoms. The molecule has 0 saturated heterocycles. The van der Waals surface area contributed by atoms with Crippen LogP contribution in [0.1, 0.15) is 0 Å². The monoisotopic (exact) mass is 871 g/mol. The van der Waals surface area contributed by atoms with Crippen molar-refractivity contribution in [3.05, 3.63) is 78.9 Å². The average molecular weight is 874 g/mol. The number of hydrogen-bond acceptors (Lipinski definition) is 12. The van der Waals surface area contributed by atoms with E-state index in [1.165, 1.54) is 0 Å². The van der Waals surface area contributed by atoms with Crippen molar-refractivity contribution in [2.75, 3.05) is 0 Å². The maximum Gasteiger partial charge on any atom is 1.00 e. The largest absolute Gasteiger partial charge is 1.00 e. The molecule has 2 aliphatic rings. The molecule has 0 fully saturated rings. The fourth-order valence-corrected chi connectivity index (χ4v) is 11.6. The standard InChI is InChI=1S/C32H15Cl3N8O6S3.Cu/c33-50(44,45)21-13-20-22(24(52(35,48)49)23(21)51(34,46)47)32-42-30-19-12-6-5-11-18(19)28(40-30)38-26-15-8-2-1-7-14(15)25(36-26)37-27-16-9-3-4-10-17(16)29(39-27)41-31(20)43-32;/h1-13H,(H2,36,37,38,39,40,41,42,43);/q;+1. The number of nitrogens with one attached hydrogen (secondary N) is 2. The zero-order valence-electron chi connectivity index (χ0n) is 25.8. The zero-order chi connectivity index (χ0) is 36.3. The first-order valence-electron chi connectivity index (χ1n) is 14.8. The predicted molar refractivity (Wildman–Crippen MR) is 195 cm³/mol. The quantitative estimate of drug-likeness (QED) is 0.141. The Labute approximate surface area is 322 Å². The van der Waals surface area contributed by atoms with Crippen LogP contribution in [0.25, 0.3) is 89.7 Å². The SMILES string of the molecule is O=S(=O)(Cl)c1cc2c3nc4nc(nc5[nH]c(nc6nc(nc([nH]3)c2c(S(=O)(=O)Cl)c1S(=O)(=O)Cl)-c1ccccc1-6)c1ccccc51)-c1ccccc1-4.[Cu+].